The summed E-state index contributed by atoms with van der Waals surface area (Å²) in [7, 11) is 0. The molecule has 0 amide bonds. The summed E-state index contributed by atoms with van der Waals surface area (Å²) in [6, 6.07) is 7.28. The van der Waals surface area contributed by atoms with Gasteiger partial charge in [0.1, 0.15) is 6.33 Å². The number of nitrogens with zero attached hydrogens (tertiary/aromatic N) is 7. The Kier molecular flexibility index (Phi) is 7.24. The van der Waals surface area contributed by atoms with Gasteiger partial charge in [0, 0.05) is 30.3 Å². The molecular weight excluding hydrogens is 517 g/mol. The van der Waals surface area contributed by atoms with Gasteiger partial charge in [0.15, 0.2) is 28.1 Å². The minimum atomic E-state index is -0.432. The van der Waals surface area contributed by atoms with E-state index >= 15 is 0 Å². The summed E-state index contributed by atoms with van der Waals surface area (Å²) >= 11 is 12.0. The lowest BCUT2D eigenvalue weighted by Crippen LogP contribution is -2.40. The number of hydrogen-bond acceptors (Lipinski definition) is 7. The van der Waals surface area contributed by atoms with E-state index in [1.165, 1.54) is 15.5 Å². The van der Waals surface area contributed by atoms with Gasteiger partial charge in [0.05, 0.1) is 6.33 Å². The van der Waals surface area contributed by atoms with Crippen LogP contribution in [0.3, 0.4) is 0 Å². The molecule has 5 rings (SSSR count). The maximum absolute atomic E-state index is 13.2. The predicted molar refractivity (Wildman–Crippen MR) is 144 cm³/mol. The van der Waals surface area contributed by atoms with E-state index in [0.29, 0.717) is 47.2 Å². The molecule has 37 heavy (non-hydrogen) atoms. The Morgan fingerprint density at radius 2 is 1.70 bits per heavy atom. The van der Waals surface area contributed by atoms with E-state index in [9.17, 15) is 9.59 Å². The average Bonchev–Trinajstić information content (AvgIpc) is 3.49. The molecule has 0 atom stereocenters. The van der Waals surface area contributed by atoms with Crippen molar-refractivity contribution in [3.63, 3.8) is 0 Å². The fraction of sp³-hybridized carbons (Fsp3) is 0.333. The number of fused-ring (bicyclic) bond motifs is 2. The van der Waals surface area contributed by atoms with Gasteiger partial charge in [-0.25, -0.2) is 19.7 Å². The van der Waals surface area contributed by atoms with Crippen LogP contribution >= 0.6 is 23.2 Å². The normalized spacial score (nSPS) is 11.5. The Morgan fingerprint density at radius 3 is 2.49 bits per heavy atom. The molecule has 0 saturated carbocycles. The molecule has 1 aromatic carbocycles. The summed E-state index contributed by atoms with van der Waals surface area (Å²) in [5.41, 5.74) is 1.79. The highest BCUT2D eigenvalue weighted by Gasteiger charge is 2.17. The number of aromatic nitrogens is 8. The van der Waals surface area contributed by atoms with Crippen LogP contribution in [0.5, 0.6) is 0 Å². The molecule has 2 N–H and O–H groups in total. The Morgan fingerprint density at radius 1 is 0.919 bits per heavy atom. The van der Waals surface area contributed by atoms with Gasteiger partial charge in [-0.2, -0.15) is 4.98 Å². The van der Waals surface area contributed by atoms with Crippen LogP contribution in [-0.2, 0) is 19.6 Å². The number of benzene rings is 1. The van der Waals surface area contributed by atoms with Crippen molar-refractivity contribution < 1.29 is 0 Å². The summed E-state index contributed by atoms with van der Waals surface area (Å²) in [4.78, 5) is 46.4. The van der Waals surface area contributed by atoms with E-state index in [2.05, 4.69) is 37.2 Å². The summed E-state index contributed by atoms with van der Waals surface area (Å²) in [6.45, 7) is 3.28. The summed E-state index contributed by atoms with van der Waals surface area (Å²) in [6.07, 6.45) is 6.44. The Bertz CT molecular complexity index is 1670. The van der Waals surface area contributed by atoms with Crippen LogP contribution in [0.25, 0.3) is 22.3 Å². The predicted octanol–water partition coefficient (Wildman–Crippen LogP) is 4.36. The lowest BCUT2D eigenvalue weighted by Gasteiger charge is -2.11. The quantitative estimate of drug-likeness (QED) is 0.198. The second kappa shape index (κ2) is 10.7. The molecule has 11 nitrogen and oxygen atoms in total. The molecule has 0 saturated heterocycles. The van der Waals surface area contributed by atoms with E-state index in [0.717, 1.165) is 24.9 Å². The molecule has 5 aromatic rings. The van der Waals surface area contributed by atoms with E-state index < -0.39 is 5.56 Å². The summed E-state index contributed by atoms with van der Waals surface area (Å²) in [5.74, 6) is 0.568. The number of aromatic amines is 1. The third-order valence-electron chi connectivity index (χ3n) is 6.11. The monoisotopic (exact) mass is 541 g/mol. The first-order valence-electron chi connectivity index (χ1n) is 12.0. The molecule has 0 fully saturated rings. The number of H-pyrrole nitrogens is 1. The summed E-state index contributed by atoms with van der Waals surface area (Å²) < 4.78 is 4.65. The van der Waals surface area contributed by atoms with Crippen LogP contribution < -0.4 is 16.6 Å². The van der Waals surface area contributed by atoms with Gasteiger partial charge in [0.2, 0.25) is 5.28 Å². The highest BCUT2D eigenvalue weighted by molar-refractivity contribution is 6.30. The molecule has 4 aromatic heterocycles. The molecule has 0 bridgehead atoms. The zero-order chi connectivity index (χ0) is 25.9. The third kappa shape index (κ3) is 5.09. The van der Waals surface area contributed by atoms with Crippen molar-refractivity contribution in [3.05, 3.63) is 68.1 Å². The second-order valence-electron chi connectivity index (χ2n) is 8.64. The zero-order valence-corrected chi connectivity index (χ0v) is 21.6. The van der Waals surface area contributed by atoms with Crippen molar-refractivity contribution in [2.75, 3.05) is 5.32 Å². The molecule has 4 heterocycles. The van der Waals surface area contributed by atoms with Crippen LogP contribution in [0, 0.1) is 0 Å². The van der Waals surface area contributed by atoms with Crippen LogP contribution in [0.2, 0.25) is 10.3 Å². The average molecular weight is 542 g/mol. The van der Waals surface area contributed by atoms with Crippen LogP contribution in [-0.4, -0.2) is 38.6 Å². The molecule has 0 aliphatic heterocycles. The molecular formula is C24H25Cl2N9O2. The maximum atomic E-state index is 13.2. The van der Waals surface area contributed by atoms with Gasteiger partial charge >= 0.3 is 5.69 Å². The van der Waals surface area contributed by atoms with Crippen molar-refractivity contribution in [2.24, 2.45) is 0 Å². The van der Waals surface area contributed by atoms with Crippen molar-refractivity contribution in [1.29, 1.82) is 0 Å². The van der Waals surface area contributed by atoms with Gasteiger partial charge < -0.3 is 14.9 Å². The maximum Gasteiger partial charge on any atom is 0.332 e. The molecule has 0 radical (unpaired) electrons. The largest absolute Gasteiger partial charge is 0.338 e. The van der Waals surface area contributed by atoms with E-state index in [1.807, 2.05) is 16.7 Å². The number of anilines is 2. The molecule has 0 aliphatic carbocycles. The highest BCUT2D eigenvalue weighted by Crippen LogP contribution is 2.23. The fourth-order valence-electron chi connectivity index (χ4n) is 4.26. The second-order valence-corrected chi connectivity index (χ2v) is 9.44. The van der Waals surface area contributed by atoms with Crippen LogP contribution in [0.4, 0.5) is 11.5 Å². The van der Waals surface area contributed by atoms with E-state index in [1.54, 1.807) is 18.5 Å². The van der Waals surface area contributed by atoms with Gasteiger partial charge in [-0.3, -0.25) is 13.9 Å². The van der Waals surface area contributed by atoms with Crippen molar-refractivity contribution in [3.8, 4) is 0 Å². The Labute approximate surface area is 221 Å². The smallest absolute Gasteiger partial charge is 0.332 e. The first-order valence-corrected chi connectivity index (χ1v) is 12.8. The highest BCUT2D eigenvalue weighted by atomic mass is 35.5. The molecule has 13 heteroatoms. The first kappa shape index (κ1) is 25.0. The number of rotatable bonds is 10. The number of hydrogen-bond donors (Lipinski definition) is 2. The van der Waals surface area contributed by atoms with Gasteiger partial charge in [-0.1, -0.05) is 31.4 Å². The fourth-order valence-corrected chi connectivity index (χ4v) is 4.56. The lowest BCUT2D eigenvalue weighted by atomic mass is 10.2. The van der Waals surface area contributed by atoms with Crippen LogP contribution in [0.1, 0.15) is 32.6 Å². The van der Waals surface area contributed by atoms with Crippen molar-refractivity contribution in [2.45, 2.75) is 52.2 Å². The first-order chi connectivity index (χ1) is 18.0. The molecule has 0 unspecified atom stereocenters. The van der Waals surface area contributed by atoms with E-state index in [4.69, 9.17) is 23.2 Å². The summed E-state index contributed by atoms with van der Waals surface area (Å²) in [5, 5.41) is 3.96. The van der Waals surface area contributed by atoms with E-state index in [-0.39, 0.29) is 23.0 Å². The SMILES string of the molecule is CCCCCn1c(=O)n(CCCn2cnc3c(Nc4ccc(Cl)cc4)ncnc32)c(=O)c2[nH]c(Cl)nc21. The number of aryl methyl sites for hydroxylation is 2. The topological polar surface area (TPSA) is 128 Å². The Balaban J connectivity index is 1.37. The van der Waals surface area contributed by atoms with Crippen molar-refractivity contribution in [1.82, 2.24) is 38.6 Å². The standard InChI is InChI=1S/C24H25Cl2N9O2/c1-2-3-4-11-34-21-18(31-23(26)32-21)22(36)35(24(34)37)12-5-10-33-14-29-17-19(27-13-28-20(17)33)30-16-8-6-15(25)7-9-16/h6-9,13-14H,2-5,10-12H2,1H3,(H,31,32)(H,27,28,30). The minimum Gasteiger partial charge on any atom is -0.338 e. The lowest BCUT2D eigenvalue weighted by molar-refractivity contribution is 0.505. The van der Waals surface area contributed by atoms with Crippen molar-refractivity contribution >= 4 is 57.0 Å². The van der Waals surface area contributed by atoms with Crippen LogP contribution in [0.15, 0.2) is 46.5 Å². The molecule has 0 aliphatic rings. The molecule has 192 valence electrons. The van der Waals surface area contributed by atoms with Gasteiger partial charge in [-0.05, 0) is 48.7 Å². The minimum absolute atomic E-state index is 0.0843. The van der Waals surface area contributed by atoms with Gasteiger partial charge in [0.25, 0.3) is 5.56 Å². The number of imidazole rings is 2. The number of halogens is 2. The Hall–Kier alpha value is -3.70. The third-order valence-corrected chi connectivity index (χ3v) is 6.54. The number of unbranched alkanes of at least 4 members (excludes halogenated alkanes) is 2. The number of nitrogens with one attached hydrogen (secondary N) is 2. The van der Waals surface area contributed by atoms with Gasteiger partial charge in [-0.15, -0.1) is 0 Å². The zero-order valence-electron chi connectivity index (χ0n) is 20.1. The molecule has 0 spiro atoms.